The van der Waals surface area contributed by atoms with Crippen LogP contribution in [0.25, 0.3) is 0 Å². The van der Waals surface area contributed by atoms with Gasteiger partial charge < -0.3 is 21.1 Å². The van der Waals surface area contributed by atoms with Crippen molar-refractivity contribution < 1.29 is 14.7 Å². The fraction of sp³-hybridized carbons (Fsp3) is 0.833. The first-order valence-corrected chi connectivity index (χ1v) is 6.30. The van der Waals surface area contributed by atoms with Crippen LogP contribution >= 0.6 is 0 Å². The Hall–Kier alpha value is -1.30. The summed E-state index contributed by atoms with van der Waals surface area (Å²) >= 11 is 0. The van der Waals surface area contributed by atoms with E-state index in [1.807, 2.05) is 13.8 Å². The van der Waals surface area contributed by atoms with Crippen molar-refractivity contribution in [2.24, 2.45) is 17.6 Å². The van der Waals surface area contributed by atoms with Crippen LogP contribution in [0, 0.1) is 11.8 Å². The third-order valence-corrected chi connectivity index (χ3v) is 3.35. The summed E-state index contributed by atoms with van der Waals surface area (Å²) in [6.45, 7) is 4.33. The Bertz CT molecular complexity index is 314. The Morgan fingerprint density at radius 2 is 2.00 bits per heavy atom. The lowest BCUT2D eigenvalue weighted by Gasteiger charge is -2.36. The minimum Gasteiger partial charge on any atom is -0.393 e. The molecule has 0 aromatic heterocycles. The van der Waals surface area contributed by atoms with Gasteiger partial charge in [0.1, 0.15) is 6.04 Å². The van der Waals surface area contributed by atoms with Crippen LogP contribution in [-0.4, -0.2) is 47.7 Å². The highest BCUT2D eigenvalue weighted by Gasteiger charge is 2.32. The molecule has 0 aromatic rings. The molecule has 6 heteroatoms. The predicted octanol–water partition coefficient (Wildman–Crippen LogP) is -0.0914. The Morgan fingerprint density at radius 3 is 2.39 bits per heavy atom. The molecule has 1 fully saturated rings. The van der Waals surface area contributed by atoms with Crippen LogP contribution in [0.2, 0.25) is 0 Å². The van der Waals surface area contributed by atoms with Crippen molar-refractivity contribution in [2.75, 3.05) is 13.6 Å². The van der Waals surface area contributed by atoms with Gasteiger partial charge in [0.05, 0.1) is 6.10 Å². The molecule has 1 aliphatic carbocycles. The number of amides is 3. The van der Waals surface area contributed by atoms with Crippen molar-refractivity contribution in [3.05, 3.63) is 0 Å². The Labute approximate surface area is 108 Å². The topological polar surface area (TPSA) is 95.7 Å². The van der Waals surface area contributed by atoms with Gasteiger partial charge in [-0.15, -0.1) is 0 Å². The number of hydrogen-bond acceptors (Lipinski definition) is 3. The molecule has 1 unspecified atom stereocenters. The lowest BCUT2D eigenvalue weighted by molar-refractivity contribution is -0.134. The molecular weight excluding hydrogens is 234 g/mol. The van der Waals surface area contributed by atoms with Gasteiger partial charge in [-0.2, -0.15) is 0 Å². The van der Waals surface area contributed by atoms with Crippen LogP contribution in [0.1, 0.15) is 26.7 Å². The SMILES string of the molecule is CC(C)C(NC(N)=O)C(=O)N(C)CC1CC(O)C1. The molecule has 0 saturated heterocycles. The number of nitrogens with two attached hydrogens (primary N) is 1. The molecule has 0 spiro atoms. The predicted molar refractivity (Wildman–Crippen MR) is 67.7 cm³/mol. The van der Waals surface area contributed by atoms with Crippen molar-refractivity contribution in [3.63, 3.8) is 0 Å². The molecule has 0 aromatic carbocycles. The molecule has 1 atom stereocenters. The summed E-state index contributed by atoms with van der Waals surface area (Å²) in [6.07, 6.45) is 1.27. The van der Waals surface area contributed by atoms with E-state index in [9.17, 15) is 14.7 Å². The van der Waals surface area contributed by atoms with Gasteiger partial charge in [0.15, 0.2) is 0 Å². The average Bonchev–Trinajstić information content (AvgIpc) is 2.22. The summed E-state index contributed by atoms with van der Waals surface area (Å²) in [4.78, 5) is 24.7. The highest BCUT2D eigenvalue weighted by Crippen LogP contribution is 2.27. The molecule has 18 heavy (non-hydrogen) atoms. The van der Waals surface area contributed by atoms with Gasteiger partial charge in [0.25, 0.3) is 0 Å². The minimum atomic E-state index is -0.686. The number of nitrogens with one attached hydrogen (secondary N) is 1. The van der Waals surface area contributed by atoms with Crippen LogP contribution in [-0.2, 0) is 4.79 Å². The summed E-state index contributed by atoms with van der Waals surface area (Å²) in [7, 11) is 1.71. The molecular formula is C12H23N3O3. The minimum absolute atomic E-state index is 0.0144. The first-order chi connectivity index (χ1) is 8.31. The van der Waals surface area contributed by atoms with Gasteiger partial charge in [-0.05, 0) is 24.7 Å². The van der Waals surface area contributed by atoms with E-state index in [2.05, 4.69) is 5.32 Å². The summed E-state index contributed by atoms with van der Waals surface area (Å²) in [5, 5.41) is 11.7. The summed E-state index contributed by atoms with van der Waals surface area (Å²) in [5.74, 6) is 0.208. The molecule has 0 aliphatic heterocycles. The molecule has 6 nitrogen and oxygen atoms in total. The zero-order valence-corrected chi connectivity index (χ0v) is 11.2. The van der Waals surface area contributed by atoms with Crippen molar-refractivity contribution in [1.29, 1.82) is 0 Å². The van der Waals surface area contributed by atoms with Crippen LogP contribution in [0.15, 0.2) is 0 Å². The number of primary amides is 1. The maximum Gasteiger partial charge on any atom is 0.312 e. The fourth-order valence-electron chi connectivity index (χ4n) is 2.23. The van der Waals surface area contributed by atoms with Gasteiger partial charge in [-0.1, -0.05) is 13.8 Å². The van der Waals surface area contributed by atoms with E-state index < -0.39 is 12.1 Å². The second-order valence-electron chi connectivity index (χ2n) is 5.44. The van der Waals surface area contributed by atoms with Gasteiger partial charge in [0, 0.05) is 13.6 Å². The number of hydrogen-bond donors (Lipinski definition) is 3. The number of rotatable bonds is 5. The molecule has 0 radical (unpaired) electrons. The van der Waals surface area contributed by atoms with Gasteiger partial charge in [-0.25, -0.2) is 4.79 Å². The number of nitrogens with zero attached hydrogens (tertiary/aromatic N) is 1. The third kappa shape index (κ3) is 3.87. The van der Waals surface area contributed by atoms with E-state index in [1.54, 1.807) is 11.9 Å². The maximum absolute atomic E-state index is 12.2. The zero-order chi connectivity index (χ0) is 13.9. The van der Waals surface area contributed by atoms with Crippen molar-refractivity contribution in [3.8, 4) is 0 Å². The summed E-state index contributed by atoms with van der Waals surface area (Å²) < 4.78 is 0. The van der Waals surface area contributed by atoms with Gasteiger partial charge in [-0.3, -0.25) is 4.79 Å². The third-order valence-electron chi connectivity index (χ3n) is 3.35. The lowest BCUT2D eigenvalue weighted by atomic mass is 9.82. The first-order valence-electron chi connectivity index (χ1n) is 6.30. The number of carbonyl (C=O) groups excluding carboxylic acids is 2. The number of aliphatic hydroxyl groups is 1. The van der Waals surface area contributed by atoms with E-state index in [4.69, 9.17) is 5.73 Å². The Balaban J connectivity index is 2.50. The molecule has 1 rings (SSSR count). The number of carbonyl (C=O) groups is 2. The van der Waals surface area contributed by atoms with Crippen LogP contribution in [0.3, 0.4) is 0 Å². The number of likely N-dealkylation sites (N-methyl/N-ethyl adjacent to an activating group) is 1. The Kier molecular flexibility index (Phi) is 4.95. The van der Waals surface area contributed by atoms with Gasteiger partial charge in [0.2, 0.25) is 5.91 Å². The van der Waals surface area contributed by atoms with E-state index in [-0.39, 0.29) is 17.9 Å². The molecule has 4 N–H and O–H groups in total. The summed E-state index contributed by atoms with van der Waals surface area (Å²) in [5.41, 5.74) is 5.07. The average molecular weight is 257 g/mol. The zero-order valence-electron chi connectivity index (χ0n) is 11.2. The van der Waals surface area contributed by atoms with Crippen molar-refractivity contribution in [1.82, 2.24) is 10.2 Å². The second-order valence-corrected chi connectivity index (χ2v) is 5.44. The smallest absolute Gasteiger partial charge is 0.312 e. The quantitative estimate of drug-likeness (QED) is 0.642. The van der Waals surface area contributed by atoms with Crippen LogP contribution in [0.5, 0.6) is 0 Å². The highest BCUT2D eigenvalue weighted by atomic mass is 16.3. The van der Waals surface area contributed by atoms with Crippen LogP contribution < -0.4 is 11.1 Å². The van der Waals surface area contributed by atoms with E-state index in [0.29, 0.717) is 12.5 Å². The maximum atomic E-state index is 12.2. The fourth-order valence-corrected chi connectivity index (χ4v) is 2.23. The van der Waals surface area contributed by atoms with Crippen molar-refractivity contribution in [2.45, 2.75) is 38.8 Å². The van der Waals surface area contributed by atoms with Crippen molar-refractivity contribution >= 4 is 11.9 Å². The second kappa shape index (κ2) is 6.04. The molecule has 104 valence electrons. The van der Waals surface area contributed by atoms with E-state index in [1.165, 1.54) is 0 Å². The summed E-state index contributed by atoms with van der Waals surface area (Å²) in [6, 6.07) is -1.27. The number of aliphatic hydroxyl groups excluding tert-OH is 1. The normalized spacial score (nSPS) is 24.3. The molecule has 0 heterocycles. The molecule has 1 aliphatic rings. The lowest BCUT2D eigenvalue weighted by Crippen LogP contribution is -2.53. The molecule has 1 saturated carbocycles. The molecule has 3 amide bonds. The van der Waals surface area contributed by atoms with Crippen LogP contribution in [0.4, 0.5) is 4.79 Å². The highest BCUT2D eigenvalue weighted by molar-refractivity contribution is 5.86. The van der Waals surface area contributed by atoms with E-state index in [0.717, 1.165) is 12.8 Å². The standard InChI is InChI=1S/C12H23N3O3/c1-7(2)10(14-12(13)18)11(17)15(3)6-8-4-9(16)5-8/h7-10,16H,4-6H2,1-3H3,(H3,13,14,18). The largest absolute Gasteiger partial charge is 0.393 e. The van der Waals surface area contributed by atoms with E-state index >= 15 is 0 Å². The molecule has 0 bridgehead atoms. The van der Waals surface area contributed by atoms with Gasteiger partial charge >= 0.3 is 6.03 Å². The first kappa shape index (κ1) is 14.8. The Morgan fingerprint density at radius 1 is 1.44 bits per heavy atom. The monoisotopic (exact) mass is 257 g/mol. The number of urea groups is 1.